The van der Waals surface area contributed by atoms with Crippen LogP contribution in [0.5, 0.6) is 0 Å². The molecule has 4 N–H and O–H groups in total. The largest absolute Gasteiger partial charge is 0.395 e. The maximum absolute atomic E-state index is 11.9. The summed E-state index contributed by atoms with van der Waals surface area (Å²) in [4.78, 5) is 16.3. The average Bonchev–Trinajstić information content (AvgIpc) is 3.04. The minimum absolute atomic E-state index is 0.0272. The van der Waals surface area contributed by atoms with Crippen LogP contribution < -0.4 is 10.6 Å². The molecule has 0 spiro atoms. The first-order valence-corrected chi connectivity index (χ1v) is 14.2. The Morgan fingerprint density at radius 1 is 0.950 bits per heavy atom. The molecular weight excluding hydrogens is 522 g/mol. The van der Waals surface area contributed by atoms with E-state index in [1.54, 1.807) is 18.3 Å². The Morgan fingerprint density at radius 3 is 1.93 bits per heavy atom. The van der Waals surface area contributed by atoms with Crippen molar-refractivity contribution in [3.8, 4) is 24.0 Å². The lowest BCUT2D eigenvalue weighted by molar-refractivity contribution is 0.0945. The Kier molecular flexibility index (Phi) is 29.4. The zero-order valence-electron chi connectivity index (χ0n) is 25.5. The maximum atomic E-state index is 11.9. The Labute approximate surface area is 248 Å². The predicted molar refractivity (Wildman–Crippen MR) is 174 cm³/mol. The number of rotatable bonds is 8. The number of terminal acetylenes is 1. The molecule has 1 unspecified atom stereocenters. The molecule has 0 saturated heterocycles. The summed E-state index contributed by atoms with van der Waals surface area (Å²) in [6.45, 7) is 16.2. The van der Waals surface area contributed by atoms with Crippen LogP contribution in [-0.2, 0) is 0 Å². The van der Waals surface area contributed by atoms with Gasteiger partial charge in [-0.25, -0.2) is 4.98 Å². The van der Waals surface area contributed by atoms with Gasteiger partial charge in [-0.1, -0.05) is 90.4 Å². The van der Waals surface area contributed by atoms with Crippen LogP contribution in [0.2, 0.25) is 5.02 Å². The van der Waals surface area contributed by atoms with Gasteiger partial charge in [-0.05, 0) is 60.4 Å². The van der Waals surface area contributed by atoms with Crippen molar-refractivity contribution >= 4 is 23.3 Å². The van der Waals surface area contributed by atoms with Crippen molar-refractivity contribution in [1.82, 2.24) is 10.3 Å². The second-order valence-corrected chi connectivity index (χ2v) is 7.61. The van der Waals surface area contributed by atoms with E-state index in [4.69, 9.17) is 16.7 Å². The molecule has 0 saturated carbocycles. The molecule has 0 fully saturated rings. The number of hydrogen-bond donors (Lipinski definition) is 4. The zero-order chi connectivity index (χ0) is 31.3. The first-order chi connectivity index (χ1) is 19.5. The van der Waals surface area contributed by atoms with E-state index in [9.17, 15) is 9.90 Å². The SMILES string of the molecule is C#C.CC.CC.CC.CCC(CO)Nc1cc(-c2ccc(C(=O)NCCO)cc2)c(C)cn1.Clc1ccccc1. The van der Waals surface area contributed by atoms with Gasteiger partial charge in [0.25, 0.3) is 5.91 Å². The third-order valence-electron chi connectivity index (χ3n) is 4.76. The van der Waals surface area contributed by atoms with Crippen molar-refractivity contribution in [3.63, 3.8) is 0 Å². The summed E-state index contributed by atoms with van der Waals surface area (Å²) in [5, 5.41) is 24.7. The van der Waals surface area contributed by atoms with Crippen molar-refractivity contribution < 1.29 is 15.0 Å². The lowest BCUT2D eigenvalue weighted by Crippen LogP contribution is -2.26. The van der Waals surface area contributed by atoms with Crippen LogP contribution in [0.15, 0.2) is 66.9 Å². The number of carbonyl (C=O) groups is 1. The van der Waals surface area contributed by atoms with Crippen LogP contribution in [0.4, 0.5) is 5.82 Å². The molecule has 6 nitrogen and oxygen atoms in total. The zero-order valence-corrected chi connectivity index (χ0v) is 26.3. The van der Waals surface area contributed by atoms with Gasteiger partial charge in [-0.3, -0.25) is 4.79 Å². The van der Waals surface area contributed by atoms with E-state index in [1.165, 1.54) is 0 Å². The number of aryl methyl sites for hydroxylation is 1. The van der Waals surface area contributed by atoms with Crippen molar-refractivity contribution in [3.05, 3.63) is 83.0 Å². The molecule has 0 aliphatic heterocycles. The van der Waals surface area contributed by atoms with Gasteiger partial charge in [-0.2, -0.15) is 0 Å². The number of pyridine rings is 1. The summed E-state index contributed by atoms with van der Waals surface area (Å²) >= 11 is 5.54. The van der Waals surface area contributed by atoms with Crippen LogP contribution in [0, 0.1) is 19.8 Å². The fraction of sp³-hybridized carbons (Fsp3) is 0.394. The molecule has 3 aromatic rings. The van der Waals surface area contributed by atoms with Gasteiger partial charge in [-0.15, -0.1) is 12.8 Å². The number of halogens is 1. The Balaban J connectivity index is -0.000000759. The number of nitrogens with one attached hydrogen (secondary N) is 2. The van der Waals surface area contributed by atoms with Crippen molar-refractivity contribution in [2.45, 2.75) is 67.9 Å². The molecule has 0 bridgehead atoms. The molecular formula is C33H50ClN3O3. The Morgan fingerprint density at radius 2 is 1.50 bits per heavy atom. The number of aliphatic hydroxyl groups is 2. The highest BCUT2D eigenvalue weighted by molar-refractivity contribution is 6.30. The second kappa shape index (κ2) is 28.6. The lowest BCUT2D eigenvalue weighted by Gasteiger charge is -2.16. The van der Waals surface area contributed by atoms with E-state index in [0.29, 0.717) is 11.4 Å². The van der Waals surface area contributed by atoms with Crippen LogP contribution >= 0.6 is 11.6 Å². The number of aliphatic hydroxyl groups excluding tert-OH is 2. The molecule has 1 aromatic heterocycles. The highest BCUT2D eigenvalue weighted by Gasteiger charge is 2.10. The number of amides is 1. The van der Waals surface area contributed by atoms with E-state index >= 15 is 0 Å². The van der Waals surface area contributed by atoms with E-state index in [-0.39, 0.29) is 31.7 Å². The number of benzene rings is 2. The van der Waals surface area contributed by atoms with Gasteiger partial charge in [0.15, 0.2) is 0 Å². The van der Waals surface area contributed by atoms with Crippen molar-refractivity contribution in [2.75, 3.05) is 25.1 Å². The quantitative estimate of drug-likeness (QED) is 0.208. The lowest BCUT2D eigenvalue weighted by atomic mass is 10.0. The fourth-order valence-corrected chi connectivity index (χ4v) is 3.03. The van der Waals surface area contributed by atoms with E-state index in [2.05, 4.69) is 28.5 Å². The molecule has 0 radical (unpaired) electrons. The number of hydrogen-bond acceptors (Lipinski definition) is 5. The van der Waals surface area contributed by atoms with E-state index in [0.717, 1.165) is 28.1 Å². The minimum atomic E-state index is -0.205. The Hall–Kier alpha value is -3.37. The van der Waals surface area contributed by atoms with Crippen LogP contribution in [0.25, 0.3) is 11.1 Å². The third kappa shape index (κ3) is 17.3. The van der Waals surface area contributed by atoms with Gasteiger partial charge in [0.2, 0.25) is 0 Å². The minimum Gasteiger partial charge on any atom is -0.395 e. The number of aromatic nitrogens is 1. The summed E-state index contributed by atoms with van der Waals surface area (Å²) in [6.07, 6.45) is 10.6. The van der Waals surface area contributed by atoms with E-state index < -0.39 is 0 Å². The van der Waals surface area contributed by atoms with Crippen LogP contribution in [0.3, 0.4) is 0 Å². The van der Waals surface area contributed by atoms with Crippen molar-refractivity contribution in [2.24, 2.45) is 0 Å². The Bertz CT molecular complexity index is 1010. The second-order valence-electron chi connectivity index (χ2n) is 7.17. The molecule has 0 aliphatic carbocycles. The fourth-order valence-electron chi connectivity index (χ4n) is 2.89. The number of carbonyl (C=O) groups excluding carboxylic acids is 1. The summed E-state index contributed by atoms with van der Waals surface area (Å²) < 4.78 is 0. The third-order valence-corrected chi connectivity index (χ3v) is 5.01. The maximum Gasteiger partial charge on any atom is 0.251 e. The summed E-state index contributed by atoms with van der Waals surface area (Å²) in [5.41, 5.74) is 3.58. The topological polar surface area (TPSA) is 94.5 Å². The summed E-state index contributed by atoms with van der Waals surface area (Å²) in [6, 6.07) is 18.7. The van der Waals surface area contributed by atoms with Crippen molar-refractivity contribution in [1.29, 1.82) is 0 Å². The van der Waals surface area contributed by atoms with Gasteiger partial charge in [0.1, 0.15) is 5.82 Å². The highest BCUT2D eigenvalue weighted by atomic mass is 35.5. The van der Waals surface area contributed by atoms with Gasteiger partial charge >= 0.3 is 0 Å². The molecule has 40 heavy (non-hydrogen) atoms. The normalized spacial score (nSPS) is 9.43. The van der Waals surface area contributed by atoms with Gasteiger partial charge < -0.3 is 20.8 Å². The average molecular weight is 572 g/mol. The molecule has 3 rings (SSSR count). The monoisotopic (exact) mass is 571 g/mol. The molecule has 2 aromatic carbocycles. The van der Waals surface area contributed by atoms with E-state index in [1.807, 2.05) is 104 Å². The van der Waals surface area contributed by atoms with Gasteiger partial charge in [0.05, 0.1) is 19.3 Å². The first-order valence-electron chi connectivity index (χ1n) is 13.9. The molecule has 1 amide bonds. The molecule has 7 heteroatoms. The number of anilines is 1. The summed E-state index contributed by atoms with van der Waals surface area (Å²) in [7, 11) is 0. The number of nitrogens with zero attached hydrogens (tertiary/aromatic N) is 1. The molecule has 222 valence electrons. The highest BCUT2D eigenvalue weighted by Crippen LogP contribution is 2.26. The van der Waals surface area contributed by atoms with Gasteiger partial charge in [0, 0.05) is 23.3 Å². The van der Waals surface area contributed by atoms with Crippen LogP contribution in [-0.4, -0.2) is 46.9 Å². The standard InChI is InChI=1S/C19H25N3O3.C6H5Cl.3C2H6.C2H2/c1-3-16(12-24)22-18-10-17(13(2)11-21-18)14-4-6-15(7-5-14)19(25)20-8-9-23;7-6-4-2-1-3-5-6;4*1-2/h4-7,10-11,16,23-24H,3,8-9,12H2,1-2H3,(H,20,25)(H,21,22);1-5H;3*1-2H3;1-2H. The molecule has 1 atom stereocenters. The molecule has 1 heterocycles. The predicted octanol–water partition coefficient (Wildman–Crippen LogP) is 7.63. The first kappa shape index (κ1) is 41.1. The summed E-state index contributed by atoms with van der Waals surface area (Å²) in [5.74, 6) is 0.509. The smallest absolute Gasteiger partial charge is 0.251 e. The molecule has 0 aliphatic rings. The van der Waals surface area contributed by atoms with Crippen LogP contribution in [0.1, 0.15) is 70.8 Å².